The van der Waals surface area contributed by atoms with E-state index in [-0.39, 0.29) is 12.6 Å². The topological polar surface area (TPSA) is 32.3 Å². The van der Waals surface area contributed by atoms with Crippen molar-refractivity contribution in [1.29, 1.82) is 0 Å². The van der Waals surface area contributed by atoms with Crippen molar-refractivity contribution in [2.75, 3.05) is 13.2 Å². The van der Waals surface area contributed by atoms with Gasteiger partial charge in [0.2, 0.25) is 0 Å². The van der Waals surface area contributed by atoms with Crippen molar-refractivity contribution in [1.82, 2.24) is 5.32 Å². The first-order valence-electron chi connectivity index (χ1n) is 4.34. The molecule has 68 valence electrons. The van der Waals surface area contributed by atoms with Crippen molar-refractivity contribution in [2.24, 2.45) is 5.41 Å². The molecule has 11 heavy (non-hydrogen) atoms. The van der Waals surface area contributed by atoms with Crippen molar-refractivity contribution in [3.05, 3.63) is 0 Å². The minimum Gasteiger partial charge on any atom is -0.395 e. The molecule has 0 aromatic rings. The zero-order valence-electron chi connectivity index (χ0n) is 8.15. The fourth-order valence-electron chi connectivity index (χ4n) is 1.23. The summed E-state index contributed by atoms with van der Waals surface area (Å²) in [6.45, 7) is 9.80. The summed E-state index contributed by atoms with van der Waals surface area (Å²) in [5, 5.41) is 12.2. The van der Waals surface area contributed by atoms with Crippen LogP contribution in [0.1, 0.15) is 34.1 Å². The summed E-state index contributed by atoms with van der Waals surface area (Å²) in [7, 11) is 0. The Bertz CT molecular complexity index is 96.2. The van der Waals surface area contributed by atoms with Gasteiger partial charge in [-0.05, 0) is 18.4 Å². The van der Waals surface area contributed by atoms with Crippen LogP contribution in [0.15, 0.2) is 0 Å². The second kappa shape index (κ2) is 4.73. The maximum Gasteiger partial charge on any atom is 0.0584 e. The van der Waals surface area contributed by atoms with E-state index in [2.05, 4.69) is 33.0 Å². The zero-order chi connectivity index (χ0) is 8.91. The van der Waals surface area contributed by atoms with E-state index in [1.54, 1.807) is 0 Å². The Balaban J connectivity index is 3.68. The zero-order valence-corrected chi connectivity index (χ0v) is 8.15. The fourth-order valence-corrected chi connectivity index (χ4v) is 1.23. The molecule has 0 aliphatic carbocycles. The van der Waals surface area contributed by atoms with Crippen LogP contribution in [0.2, 0.25) is 0 Å². The van der Waals surface area contributed by atoms with Crippen molar-refractivity contribution in [2.45, 2.75) is 40.2 Å². The van der Waals surface area contributed by atoms with Gasteiger partial charge < -0.3 is 10.4 Å². The van der Waals surface area contributed by atoms with Gasteiger partial charge in [0, 0.05) is 6.04 Å². The van der Waals surface area contributed by atoms with Gasteiger partial charge in [-0.3, -0.25) is 0 Å². The highest BCUT2D eigenvalue weighted by molar-refractivity contribution is 4.72. The van der Waals surface area contributed by atoms with E-state index in [0.717, 1.165) is 13.0 Å². The predicted octanol–water partition coefficient (Wildman–Crippen LogP) is 1.39. The van der Waals surface area contributed by atoms with E-state index in [0.29, 0.717) is 5.41 Å². The van der Waals surface area contributed by atoms with Crippen molar-refractivity contribution >= 4 is 0 Å². The molecule has 0 saturated carbocycles. The molecule has 0 rings (SSSR count). The first-order chi connectivity index (χ1) is 4.99. The maximum absolute atomic E-state index is 8.96. The summed E-state index contributed by atoms with van der Waals surface area (Å²) in [6, 6.07) is 0.264. The van der Waals surface area contributed by atoms with Crippen LogP contribution in [0, 0.1) is 5.41 Å². The van der Waals surface area contributed by atoms with E-state index < -0.39 is 0 Å². The largest absolute Gasteiger partial charge is 0.395 e. The highest BCUT2D eigenvalue weighted by atomic mass is 16.3. The van der Waals surface area contributed by atoms with E-state index in [1.807, 2.05) is 0 Å². The summed E-state index contributed by atoms with van der Waals surface area (Å²) in [6.07, 6.45) is 1.03. The molecule has 0 spiro atoms. The number of aliphatic hydroxyl groups is 1. The average molecular weight is 159 g/mol. The van der Waals surface area contributed by atoms with Gasteiger partial charge in [-0.1, -0.05) is 27.7 Å². The Morgan fingerprint density at radius 3 is 2.18 bits per heavy atom. The van der Waals surface area contributed by atoms with Crippen LogP contribution in [0.5, 0.6) is 0 Å². The van der Waals surface area contributed by atoms with Crippen LogP contribution in [0.25, 0.3) is 0 Å². The third kappa shape index (κ3) is 6.32. The molecule has 0 aliphatic heterocycles. The molecular formula is C9H21NO. The first-order valence-corrected chi connectivity index (χ1v) is 4.34. The summed E-state index contributed by atoms with van der Waals surface area (Å²) in [4.78, 5) is 0. The quantitative estimate of drug-likeness (QED) is 0.649. The fraction of sp³-hybridized carbons (Fsp3) is 1.00. The van der Waals surface area contributed by atoms with Gasteiger partial charge in [0.1, 0.15) is 0 Å². The van der Waals surface area contributed by atoms with E-state index in [9.17, 15) is 0 Å². The van der Waals surface area contributed by atoms with Gasteiger partial charge in [-0.25, -0.2) is 0 Å². The lowest BCUT2D eigenvalue weighted by atomic mass is 9.88. The number of hydrogen-bond donors (Lipinski definition) is 2. The monoisotopic (exact) mass is 159 g/mol. The van der Waals surface area contributed by atoms with Gasteiger partial charge in [-0.15, -0.1) is 0 Å². The molecule has 0 heterocycles. The molecule has 0 saturated heterocycles. The van der Waals surface area contributed by atoms with Crippen LogP contribution in [0.3, 0.4) is 0 Å². The lowest BCUT2D eigenvalue weighted by Crippen LogP contribution is -2.35. The van der Waals surface area contributed by atoms with Crippen LogP contribution in [0.4, 0.5) is 0 Å². The Morgan fingerprint density at radius 1 is 1.36 bits per heavy atom. The van der Waals surface area contributed by atoms with Crippen LogP contribution in [-0.4, -0.2) is 24.3 Å². The Labute approximate surface area is 70.0 Å². The Hall–Kier alpha value is -0.0800. The lowest BCUT2D eigenvalue weighted by molar-refractivity contribution is 0.200. The minimum atomic E-state index is 0.241. The molecule has 0 aliphatic rings. The van der Waals surface area contributed by atoms with Crippen molar-refractivity contribution < 1.29 is 5.11 Å². The number of aliphatic hydroxyl groups excluding tert-OH is 1. The van der Waals surface area contributed by atoms with E-state index >= 15 is 0 Å². The molecule has 0 radical (unpaired) electrons. The summed E-state index contributed by atoms with van der Waals surface area (Å²) < 4.78 is 0. The number of nitrogens with one attached hydrogen (secondary N) is 1. The Morgan fingerprint density at radius 2 is 1.91 bits per heavy atom. The molecule has 0 aromatic carbocycles. The number of hydrogen-bond acceptors (Lipinski definition) is 2. The van der Waals surface area contributed by atoms with Gasteiger partial charge >= 0.3 is 0 Å². The SMILES string of the molecule is CCNC(CO)CC(C)(C)C. The number of likely N-dealkylation sites (N-methyl/N-ethyl adjacent to an activating group) is 1. The highest BCUT2D eigenvalue weighted by Gasteiger charge is 2.16. The molecule has 2 nitrogen and oxygen atoms in total. The molecule has 0 aromatic heterocycles. The maximum atomic E-state index is 8.96. The molecule has 2 N–H and O–H groups in total. The van der Waals surface area contributed by atoms with Gasteiger partial charge in [0.15, 0.2) is 0 Å². The molecular weight excluding hydrogens is 138 g/mol. The van der Waals surface area contributed by atoms with Gasteiger partial charge in [-0.2, -0.15) is 0 Å². The average Bonchev–Trinajstić information content (AvgIpc) is 1.84. The van der Waals surface area contributed by atoms with Gasteiger partial charge in [0.05, 0.1) is 6.61 Å². The number of rotatable bonds is 4. The highest BCUT2D eigenvalue weighted by Crippen LogP contribution is 2.20. The van der Waals surface area contributed by atoms with Crippen molar-refractivity contribution in [3.8, 4) is 0 Å². The first kappa shape index (κ1) is 10.9. The van der Waals surface area contributed by atoms with Crippen molar-refractivity contribution in [3.63, 3.8) is 0 Å². The molecule has 1 atom stereocenters. The molecule has 2 heteroatoms. The minimum absolute atomic E-state index is 0.241. The summed E-state index contributed by atoms with van der Waals surface area (Å²) >= 11 is 0. The van der Waals surface area contributed by atoms with E-state index in [1.165, 1.54) is 0 Å². The third-order valence-electron chi connectivity index (χ3n) is 1.57. The van der Waals surface area contributed by atoms with Crippen LogP contribution >= 0.6 is 0 Å². The smallest absolute Gasteiger partial charge is 0.0584 e. The summed E-state index contributed by atoms with van der Waals surface area (Å²) in [5.74, 6) is 0. The second-order valence-corrected chi connectivity index (χ2v) is 4.20. The molecule has 0 fully saturated rings. The lowest BCUT2D eigenvalue weighted by Gasteiger charge is -2.24. The normalized spacial score (nSPS) is 15.0. The van der Waals surface area contributed by atoms with Crippen LogP contribution in [-0.2, 0) is 0 Å². The van der Waals surface area contributed by atoms with E-state index in [4.69, 9.17) is 5.11 Å². The molecule has 0 amide bonds. The summed E-state index contributed by atoms with van der Waals surface area (Å²) in [5.41, 5.74) is 0.301. The Kier molecular flexibility index (Phi) is 4.69. The predicted molar refractivity (Wildman–Crippen MR) is 48.6 cm³/mol. The molecule has 0 bridgehead atoms. The third-order valence-corrected chi connectivity index (χ3v) is 1.57. The molecule has 1 unspecified atom stereocenters. The standard InChI is InChI=1S/C9H21NO/c1-5-10-8(7-11)6-9(2,3)4/h8,10-11H,5-7H2,1-4H3. The van der Waals surface area contributed by atoms with Gasteiger partial charge in [0.25, 0.3) is 0 Å². The van der Waals surface area contributed by atoms with Crippen LogP contribution < -0.4 is 5.32 Å². The second-order valence-electron chi connectivity index (χ2n) is 4.20.